The predicted molar refractivity (Wildman–Crippen MR) is 87.5 cm³/mol. The number of carbonyl (C=O) groups excluding carboxylic acids is 1. The van der Waals surface area contributed by atoms with Crippen LogP contribution < -0.4 is 5.32 Å². The molecule has 1 aromatic heterocycles. The van der Waals surface area contributed by atoms with Gasteiger partial charge in [-0.05, 0) is 59.0 Å². The minimum absolute atomic E-state index is 0. The Morgan fingerprint density at radius 1 is 1.23 bits per heavy atom. The zero-order chi connectivity index (χ0) is 14.8. The van der Waals surface area contributed by atoms with Crippen LogP contribution in [-0.4, -0.2) is 51.5 Å². The van der Waals surface area contributed by atoms with Crippen LogP contribution in [-0.2, 0) is 0 Å². The molecule has 1 unspecified atom stereocenters. The number of aromatic nitrogens is 3. The van der Waals surface area contributed by atoms with Gasteiger partial charge in [0, 0.05) is 12.6 Å². The summed E-state index contributed by atoms with van der Waals surface area (Å²) in [5.74, 6) is 0.0554. The standard InChI is InChI=1S/C15H25N5O.ClH/c1-11-5-3-4-10-19(11)15(21)14-12(2)20(18-17-14)13-6-8-16-9-7-13;/h11,13,16H,3-10H2,1-2H3;1H. The number of amides is 1. The van der Waals surface area contributed by atoms with Gasteiger partial charge in [-0.1, -0.05) is 5.21 Å². The van der Waals surface area contributed by atoms with Gasteiger partial charge in [0.15, 0.2) is 5.69 Å². The zero-order valence-corrected chi connectivity index (χ0v) is 14.2. The van der Waals surface area contributed by atoms with Crippen LogP contribution in [0.3, 0.4) is 0 Å². The van der Waals surface area contributed by atoms with E-state index in [0.29, 0.717) is 17.8 Å². The molecule has 0 bridgehead atoms. The normalized spacial score (nSPS) is 23.2. The molecule has 0 radical (unpaired) electrons. The van der Waals surface area contributed by atoms with Crippen LogP contribution in [0, 0.1) is 6.92 Å². The third kappa shape index (κ3) is 3.27. The predicted octanol–water partition coefficient (Wildman–Crippen LogP) is 1.95. The van der Waals surface area contributed by atoms with E-state index in [4.69, 9.17) is 0 Å². The number of nitrogens with one attached hydrogen (secondary N) is 1. The lowest BCUT2D eigenvalue weighted by Crippen LogP contribution is -2.42. The van der Waals surface area contributed by atoms with Gasteiger partial charge in [0.2, 0.25) is 0 Å². The summed E-state index contributed by atoms with van der Waals surface area (Å²) >= 11 is 0. The number of likely N-dealkylation sites (tertiary alicyclic amines) is 1. The van der Waals surface area contributed by atoms with Crippen molar-refractivity contribution in [1.29, 1.82) is 0 Å². The molecule has 3 heterocycles. The first-order chi connectivity index (χ1) is 10.2. The van der Waals surface area contributed by atoms with Crippen molar-refractivity contribution in [2.75, 3.05) is 19.6 Å². The van der Waals surface area contributed by atoms with E-state index in [-0.39, 0.29) is 18.3 Å². The van der Waals surface area contributed by atoms with Crippen molar-refractivity contribution in [3.05, 3.63) is 11.4 Å². The third-order valence-electron chi connectivity index (χ3n) is 4.85. The molecule has 7 heteroatoms. The second-order valence-corrected chi connectivity index (χ2v) is 6.29. The summed E-state index contributed by atoms with van der Waals surface area (Å²) in [5, 5.41) is 11.8. The summed E-state index contributed by atoms with van der Waals surface area (Å²) in [5.41, 5.74) is 1.46. The Bertz CT molecular complexity index is 512. The highest BCUT2D eigenvalue weighted by Gasteiger charge is 2.29. The van der Waals surface area contributed by atoms with Crippen molar-refractivity contribution < 1.29 is 4.79 Å². The molecule has 6 nitrogen and oxygen atoms in total. The van der Waals surface area contributed by atoms with Crippen molar-refractivity contribution >= 4 is 18.3 Å². The SMILES string of the molecule is Cc1c(C(=O)N2CCCCC2C)nnn1C1CCNCC1.Cl. The molecule has 0 saturated carbocycles. The Kier molecular flexibility index (Phi) is 5.81. The molecule has 22 heavy (non-hydrogen) atoms. The first-order valence-electron chi connectivity index (χ1n) is 8.12. The van der Waals surface area contributed by atoms with Crippen molar-refractivity contribution in [2.45, 2.75) is 58.0 Å². The maximum Gasteiger partial charge on any atom is 0.276 e. The average Bonchev–Trinajstić information content (AvgIpc) is 2.90. The molecule has 1 aromatic rings. The van der Waals surface area contributed by atoms with Crippen LogP contribution in [0.1, 0.15) is 61.3 Å². The fourth-order valence-electron chi connectivity index (χ4n) is 3.47. The smallest absolute Gasteiger partial charge is 0.276 e. The van der Waals surface area contributed by atoms with E-state index in [2.05, 4.69) is 22.6 Å². The molecule has 2 aliphatic heterocycles. The van der Waals surface area contributed by atoms with E-state index < -0.39 is 0 Å². The summed E-state index contributed by atoms with van der Waals surface area (Å²) in [6, 6.07) is 0.689. The summed E-state index contributed by atoms with van der Waals surface area (Å²) in [6.45, 7) is 6.97. The van der Waals surface area contributed by atoms with E-state index in [1.165, 1.54) is 6.42 Å². The molecule has 0 spiro atoms. The fraction of sp³-hybridized carbons (Fsp3) is 0.800. The van der Waals surface area contributed by atoms with Crippen molar-refractivity contribution in [1.82, 2.24) is 25.2 Å². The summed E-state index contributed by atoms with van der Waals surface area (Å²) in [6.07, 6.45) is 5.51. The van der Waals surface area contributed by atoms with Gasteiger partial charge >= 0.3 is 0 Å². The molecule has 1 atom stereocenters. The maximum atomic E-state index is 12.7. The highest BCUT2D eigenvalue weighted by atomic mass is 35.5. The number of piperidine rings is 2. The van der Waals surface area contributed by atoms with E-state index in [0.717, 1.165) is 51.0 Å². The Morgan fingerprint density at radius 3 is 2.64 bits per heavy atom. The Morgan fingerprint density at radius 2 is 1.95 bits per heavy atom. The van der Waals surface area contributed by atoms with Gasteiger partial charge in [-0.25, -0.2) is 4.68 Å². The van der Waals surface area contributed by atoms with Crippen LogP contribution in [0.4, 0.5) is 0 Å². The minimum atomic E-state index is 0. The van der Waals surface area contributed by atoms with Crippen LogP contribution in [0.15, 0.2) is 0 Å². The highest BCUT2D eigenvalue weighted by molar-refractivity contribution is 5.93. The Labute approximate surface area is 138 Å². The van der Waals surface area contributed by atoms with Gasteiger partial charge < -0.3 is 10.2 Å². The molecule has 2 saturated heterocycles. The van der Waals surface area contributed by atoms with Crippen LogP contribution in [0.2, 0.25) is 0 Å². The first-order valence-corrected chi connectivity index (χ1v) is 8.12. The number of carbonyl (C=O) groups is 1. The van der Waals surface area contributed by atoms with E-state index in [9.17, 15) is 4.79 Å². The molecule has 0 aliphatic carbocycles. The number of rotatable bonds is 2. The first kappa shape index (κ1) is 17.2. The fourth-order valence-corrected chi connectivity index (χ4v) is 3.47. The number of hydrogen-bond acceptors (Lipinski definition) is 4. The van der Waals surface area contributed by atoms with Crippen LogP contribution in [0.5, 0.6) is 0 Å². The van der Waals surface area contributed by atoms with Gasteiger partial charge in [-0.15, -0.1) is 17.5 Å². The number of nitrogens with zero attached hydrogens (tertiary/aromatic N) is 4. The van der Waals surface area contributed by atoms with E-state index in [1.807, 2.05) is 16.5 Å². The lowest BCUT2D eigenvalue weighted by atomic mass is 10.0. The van der Waals surface area contributed by atoms with Crippen molar-refractivity contribution in [3.63, 3.8) is 0 Å². The second-order valence-electron chi connectivity index (χ2n) is 6.29. The molecular formula is C15H26ClN5O. The molecule has 2 aliphatic rings. The number of hydrogen-bond donors (Lipinski definition) is 1. The monoisotopic (exact) mass is 327 g/mol. The van der Waals surface area contributed by atoms with Crippen molar-refractivity contribution in [3.8, 4) is 0 Å². The maximum absolute atomic E-state index is 12.7. The third-order valence-corrected chi connectivity index (χ3v) is 4.85. The molecule has 124 valence electrons. The highest BCUT2D eigenvalue weighted by Crippen LogP contribution is 2.23. The van der Waals surface area contributed by atoms with E-state index >= 15 is 0 Å². The van der Waals surface area contributed by atoms with Gasteiger partial charge in [0.1, 0.15) is 0 Å². The topological polar surface area (TPSA) is 63.1 Å². The summed E-state index contributed by atoms with van der Waals surface area (Å²) < 4.78 is 1.96. The zero-order valence-electron chi connectivity index (χ0n) is 13.4. The molecule has 1 N–H and O–H groups in total. The molecule has 2 fully saturated rings. The lowest BCUT2D eigenvalue weighted by molar-refractivity contribution is 0.0628. The molecular weight excluding hydrogens is 302 g/mol. The summed E-state index contributed by atoms with van der Waals surface area (Å²) in [7, 11) is 0. The Hall–Kier alpha value is -1.14. The van der Waals surface area contributed by atoms with E-state index in [1.54, 1.807) is 0 Å². The second kappa shape index (κ2) is 7.42. The number of halogens is 1. The quantitative estimate of drug-likeness (QED) is 0.901. The van der Waals surface area contributed by atoms with Crippen LogP contribution >= 0.6 is 12.4 Å². The minimum Gasteiger partial charge on any atom is -0.334 e. The average molecular weight is 328 g/mol. The van der Waals surface area contributed by atoms with Gasteiger partial charge in [0.05, 0.1) is 11.7 Å². The van der Waals surface area contributed by atoms with Crippen LogP contribution in [0.25, 0.3) is 0 Å². The summed E-state index contributed by atoms with van der Waals surface area (Å²) in [4.78, 5) is 14.7. The van der Waals surface area contributed by atoms with Crippen molar-refractivity contribution in [2.24, 2.45) is 0 Å². The Balaban J connectivity index is 0.00000176. The lowest BCUT2D eigenvalue weighted by Gasteiger charge is -2.33. The molecule has 0 aromatic carbocycles. The molecule has 1 amide bonds. The molecule has 3 rings (SSSR count). The van der Waals surface area contributed by atoms with Gasteiger partial charge in [-0.3, -0.25) is 4.79 Å². The van der Waals surface area contributed by atoms with Gasteiger partial charge in [-0.2, -0.15) is 0 Å². The largest absolute Gasteiger partial charge is 0.334 e. The van der Waals surface area contributed by atoms with Gasteiger partial charge in [0.25, 0.3) is 5.91 Å².